The lowest BCUT2D eigenvalue weighted by molar-refractivity contribution is 0.271. The van der Waals surface area contributed by atoms with Gasteiger partial charge < -0.3 is 0 Å². The SMILES string of the molecule is C.C.C.C.C.C=CCC/C=C\C.CC1(C2(C)c3ccccc3-c3ccc(C4=CC=CC=CC4)cc32)/C=C\CCC/C=C\C1. The van der Waals surface area contributed by atoms with E-state index in [1.54, 1.807) is 0 Å². The van der Waals surface area contributed by atoms with Crippen molar-refractivity contribution < 1.29 is 0 Å². The van der Waals surface area contributed by atoms with Crippen LogP contribution in [0.15, 0.2) is 122 Å². The third-order valence-electron chi connectivity index (χ3n) is 8.53. The molecule has 2 aromatic rings. The maximum Gasteiger partial charge on any atom is 0.0278 e. The topological polar surface area (TPSA) is 0 Å². The molecule has 43 heavy (non-hydrogen) atoms. The number of unbranched alkanes of at least 4 members (excludes halogenated alkanes) is 1. The van der Waals surface area contributed by atoms with Crippen LogP contribution in [0.2, 0.25) is 0 Å². The molecule has 0 aliphatic heterocycles. The highest BCUT2D eigenvalue weighted by molar-refractivity contribution is 5.84. The van der Waals surface area contributed by atoms with E-state index in [0.29, 0.717) is 0 Å². The molecule has 0 bridgehead atoms. The monoisotopic (exact) mass is 581 g/mol. The van der Waals surface area contributed by atoms with Crippen molar-refractivity contribution in [2.45, 2.75) is 108 Å². The van der Waals surface area contributed by atoms with Gasteiger partial charge >= 0.3 is 0 Å². The van der Waals surface area contributed by atoms with E-state index in [9.17, 15) is 0 Å². The number of fused-ring (bicyclic) bond motifs is 3. The van der Waals surface area contributed by atoms with Crippen LogP contribution >= 0.6 is 0 Å². The minimum atomic E-state index is -0.0723. The molecule has 0 saturated heterocycles. The molecular weight excluding hydrogens is 516 g/mol. The zero-order valence-corrected chi connectivity index (χ0v) is 23.6. The molecule has 0 fully saturated rings. The summed E-state index contributed by atoms with van der Waals surface area (Å²) in [7, 11) is 0. The van der Waals surface area contributed by atoms with Gasteiger partial charge in [0, 0.05) is 10.8 Å². The minimum Gasteiger partial charge on any atom is -0.103 e. The zero-order chi connectivity index (χ0) is 26.8. The molecule has 5 rings (SSSR count). The Hall–Kier alpha value is -3.38. The van der Waals surface area contributed by atoms with Gasteiger partial charge in [0.25, 0.3) is 0 Å². The summed E-state index contributed by atoms with van der Waals surface area (Å²) in [5.41, 5.74) is 8.44. The summed E-state index contributed by atoms with van der Waals surface area (Å²) in [6.07, 6.45) is 34.7. The van der Waals surface area contributed by atoms with Gasteiger partial charge in [0.05, 0.1) is 0 Å². The standard InChI is InChI=1S/C31H32.C7H12.5CH4/c1-30(21-13-7-3-4-8-14-22-30)31(2)28-18-12-11-17-26(28)27-20-19-25(23-29(27)31)24-15-9-5-6-10-16-24;1-3-5-7-6-4-2;;;;;/h5-7,9-15,17-20,22-23H,3-4,8,16,21H2,1-2H3;3-4,6H,1,5,7H2,2H3;5*1H4/b13-7-,22-14-;6-4-;;;;;. The van der Waals surface area contributed by atoms with Crippen molar-refractivity contribution in [3.63, 3.8) is 0 Å². The highest BCUT2D eigenvalue weighted by Crippen LogP contribution is 2.59. The number of hydrogen-bond acceptors (Lipinski definition) is 0. The smallest absolute Gasteiger partial charge is 0.0278 e. The summed E-state index contributed by atoms with van der Waals surface area (Å²) < 4.78 is 0. The van der Waals surface area contributed by atoms with E-state index in [2.05, 4.69) is 130 Å². The Bertz CT molecular complexity index is 1290. The molecule has 3 aliphatic carbocycles. The van der Waals surface area contributed by atoms with Crippen molar-refractivity contribution in [1.29, 1.82) is 0 Å². The lowest BCUT2D eigenvalue weighted by Crippen LogP contribution is -2.39. The van der Waals surface area contributed by atoms with Crippen LogP contribution in [-0.4, -0.2) is 0 Å². The van der Waals surface area contributed by atoms with Crippen molar-refractivity contribution in [2.75, 3.05) is 0 Å². The second kappa shape index (κ2) is 19.7. The first-order valence-electron chi connectivity index (χ1n) is 14.4. The molecule has 0 spiro atoms. The summed E-state index contributed by atoms with van der Waals surface area (Å²) in [6.45, 7) is 10.6. The third-order valence-corrected chi connectivity index (χ3v) is 8.53. The maximum absolute atomic E-state index is 3.60. The molecule has 0 saturated carbocycles. The van der Waals surface area contributed by atoms with Crippen LogP contribution in [-0.2, 0) is 5.41 Å². The third kappa shape index (κ3) is 9.06. The zero-order valence-electron chi connectivity index (χ0n) is 23.6. The average Bonchev–Trinajstić information content (AvgIpc) is 3.05. The molecule has 2 atom stereocenters. The molecule has 0 aromatic heterocycles. The molecule has 0 radical (unpaired) electrons. The first kappa shape index (κ1) is 41.8. The van der Waals surface area contributed by atoms with Gasteiger partial charge in [-0.2, -0.15) is 0 Å². The Morgan fingerprint density at radius 3 is 2.23 bits per heavy atom. The second-order valence-electron chi connectivity index (χ2n) is 11.0. The average molecular weight is 581 g/mol. The molecule has 2 aromatic carbocycles. The molecule has 2 unspecified atom stereocenters. The van der Waals surface area contributed by atoms with Crippen LogP contribution < -0.4 is 0 Å². The summed E-state index contributed by atoms with van der Waals surface area (Å²) in [5.74, 6) is 0. The summed E-state index contributed by atoms with van der Waals surface area (Å²) >= 11 is 0. The maximum atomic E-state index is 3.60. The van der Waals surface area contributed by atoms with Crippen LogP contribution in [0.5, 0.6) is 0 Å². The summed E-state index contributed by atoms with van der Waals surface area (Å²) in [5, 5.41) is 0. The predicted molar refractivity (Wildman–Crippen MR) is 202 cm³/mol. The van der Waals surface area contributed by atoms with Crippen LogP contribution in [0.25, 0.3) is 16.7 Å². The van der Waals surface area contributed by atoms with Gasteiger partial charge in [0.15, 0.2) is 0 Å². The Balaban J connectivity index is 0. The first-order valence-corrected chi connectivity index (χ1v) is 14.4. The van der Waals surface area contributed by atoms with Gasteiger partial charge in [-0.25, -0.2) is 0 Å². The molecule has 0 N–H and O–H groups in total. The van der Waals surface area contributed by atoms with E-state index < -0.39 is 0 Å². The number of rotatable bonds is 5. The molecular formula is C43H64. The van der Waals surface area contributed by atoms with Crippen molar-refractivity contribution in [3.05, 3.63) is 139 Å². The Kier molecular flexibility index (Phi) is 19.2. The van der Waals surface area contributed by atoms with Crippen LogP contribution in [0.4, 0.5) is 0 Å². The van der Waals surface area contributed by atoms with Crippen molar-refractivity contribution >= 4 is 5.57 Å². The van der Waals surface area contributed by atoms with E-state index in [1.165, 1.54) is 46.2 Å². The second-order valence-corrected chi connectivity index (χ2v) is 11.0. The van der Waals surface area contributed by atoms with Crippen molar-refractivity contribution in [2.24, 2.45) is 5.41 Å². The van der Waals surface area contributed by atoms with Crippen LogP contribution in [0.1, 0.15) is 120 Å². The fourth-order valence-corrected chi connectivity index (χ4v) is 6.06. The van der Waals surface area contributed by atoms with Crippen LogP contribution in [0.3, 0.4) is 0 Å². The predicted octanol–water partition coefficient (Wildman–Crippen LogP) is 14.3. The fraction of sp³-hybridized carbons (Fsp3) is 0.395. The molecule has 236 valence electrons. The van der Waals surface area contributed by atoms with E-state index in [-0.39, 0.29) is 48.0 Å². The first-order chi connectivity index (χ1) is 18.5. The van der Waals surface area contributed by atoms with Gasteiger partial charge in [-0.15, -0.1) is 6.58 Å². The Labute approximate surface area is 268 Å². The Morgan fingerprint density at radius 1 is 0.767 bits per heavy atom. The summed E-state index contributed by atoms with van der Waals surface area (Å²) in [4.78, 5) is 0. The van der Waals surface area contributed by atoms with Gasteiger partial charge in [-0.3, -0.25) is 0 Å². The van der Waals surface area contributed by atoms with Gasteiger partial charge in [0.1, 0.15) is 0 Å². The largest absolute Gasteiger partial charge is 0.103 e. The van der Waals surface area contributed by atoms with Crippen LogP contribution in [0, 0.1) is 5.41 Å². The Morgan fingerprint density at radius 2 is 1.49 bits per heavy atom. The fourth-order valence-electron chi connectivity index (χ4n) is 6.06. The highest BCUT2D eigenvalue weighted by atomic mass is 14.5. The number of allylic oxidation sites excluding steroid dienone is 13. The highest BCUT2D eigenvalue weighted by Gasteiger charge is 2.50. The summed E-state index contributed by atoms with van der Waals surface area (Å²) in [6, 6.07) is 16.3. The van der Waals surface area contributed by atoms with Crippen molar-refractivity contribution in [1.82, 2.24) is 0 Å². The lowest BCUT2D eigenvalue weighted by Gasteiger charge is -2.44. The van der Waals surface area contributed by atoms with E-state index in [1.807, 2.05) is 13.0 Å². The quantitative estimate of drug-likeness (QED) is 0.244. The molecule has 0 heterocycles. The van der Waals surface area contributed by atoms with Crippen molar-refractivity contribution in [3.8, 4) is 11.1 Å². The number of hydrogen-bond donors (Lipinski definition) is 0. The van der Waals surface area contributed by atoms with Gasteiger partial charge in [-0.05, 0) is 91.3 Å². The molecule has 0 heteroatoms. The minimum absolute atomic E-state index is 0. The van der Waals surface area contributed by atoms with E-state index in [0.717, 1.165) is 32.1 Å². The van der Waals surface area contributed by atoms with E-state index in [4.69, 9.17) is 0 Å². The number of benzene rings is 2. The molecule has 0 nitrogen and oxygen atoms in total. The van der Waals surface area contributed by atoms with E-state index >= 15 is 0 Å². The lowest BCUT2D eigenvalue weighted by atomic mass is 9.58. The molecule has 3 aliphatic rings. The normalized spacial score (nSPS) is 22.5. The molecule has 0 amide bonds. The van der Waals surface area contributed by atoms with Gasteiger partial charge in [0.2, 0.25) is 0 Å². The van der Waals surface area contributed by atoms with Gasteiger partial charge in [-0.1, -0.05) is 160 Å².